The van der Waals surface area contributed by atoms with Crippen molar-refractivity contribution < 1.29 is 13.2 Å². The minimum atomic E-state index is -3.64. The van der Waals surface area contributed by atoms with Gasteiger partial charge >= 0.3 is 0 Å². The van der Waals surface area contributed by atoms with Gasteiger partial charge in [0.05, 0.1) is 15.1 Å². The van der Waals surface area contributed by atoms with E-state index >= 15 is 0 Å². The zero-order chi connectivity index (χ0) is 23.6. The van der Waals surface area contributed by atoms with Crippen LogP contribution in [0.25, 0.3) is 10.2 Å². The molecule has 0 aliphatic heterocycles. The highest BCUT2D eigenvalue weighted by molar-refractivity contribution is 7.89. The molecule has 9 heteroatoms. The number of hydrogen-bond donors (Lipinski definition) is 1. The molecule has 0 unspecified atom stereocenters. The minimum Gasteiger partial charge on any atom is -0.298 e. The molecule has 1 heterocycles. The SMILES string of the molecule is Cc1c(Cl)ccc2sc(NC(=O)c3ccc(S(=O)(=O)N(CC(C)C)CC(C)C)cc3)nc12. The second-order valence-electron chi connectivity index (χ2n) is 8.63. The van der Waals surface area contributed by atoms with E-state index in [0.717, 1.165) is 15.8 Å². The van der Waals surface area contributed by atoms with E-state index in [0.29, 0.717) is 28.8 Å². The molecule has 0 aliphatic rings. The zero-order valence-electron chi connectivity index (χ0n) is 18.8. The predicted octanol–water partition coefficient (Wildman–Crippen LogP) is 5.81. The average molecular weight is 494 g/mol. The summed E-state index contributed by atoms with van der Waals surface area (Å²) in [6.45, 7) is 10.8. The van der Waals surface area contributed by atoms with Crippen molar-refractivity contribution in [2.24, 2.45) is 11.8 Å². The van der Waals surface area contributed by atoms with Gasteiger partial charge in [-0.15, -0.1) is 0 Å². The van der Waals surface area contributed by atoms with Gasteiger partial charge in [-0.05, 0) is 60.7 Å². The number of fused-ring (bicyclic) bond motifs is 1. The number of aromatic nitrogens is 1. The topological polar surface area (TPSA) is 79.4 Å². The number of anilines is 1. The van der Waals surface area contributed by atoms with Gasteiger partial charge in [0.15, 0.2) is 5.13 Å². The van der Waals surface area contributed by atoms with Crippen LogP contribution in [0.3, 0.4) is 0 Å². The molecule has 3 aromatic rings. The summed E-state index contributed by atoms with van der Waals surface area (Å²) in [5.74, 6) is 0.0692. The maximum absolute atomic E-state index is 13.1. The van der Waals surface area contributed by atoms with Crippen molar-refractivity contribution in [2.45, 2.75) is 39.5 Å². The maximum atomic E-state index is 13.1. The number of halogens is 1. The Labute approximate surface area is 198 Å². The standard InChI is InChI=1S/C23H28ClN3O3S2/c1-14(2)12-27(13-15(3)4)32(29,30)18-8-6-17(7-9-18)22(28)26-23-25-21-16(5)19(24)10-11-20(21)31-23/h6-11,14-15H,12-13H2,1-5H3,(H,25,26,28). The van der Waals surface area contributed by atoms with Crippen LogP contribution in [0.5, 0.6) is 0 Å². The van der Waals surface area contributed by atoms with Crippen molar-refractivity contribution in [3.8, 4) is 0 Å². The highest BCUT2D eigenvalue weighted by atomic mass is 35.5. The molecule has 6 nitrogen and oxygen atoms in total. The Balaban J connectivity index is 1.79. The first-order valence-electron chi connectivity index (χ1n) is 10.5. The van der Waals surface area contributed by atoms with Crippen LogP contribution in [0.15, 0.2) is 41.3 Å². The lowest BCUT2D eigenvalue weighted by atomic mass is 10.2. The van der Waals surface area contributed by atoms with Gasteiger partial charge in [0.2, 0.25) is 10.0 Å². The van der Waals surface area contributed by atoms with E-state index in [1.54, 1.807) is 0 Å². The summed E-state index contributed by atoms with van der Waals surface area (Å²) in [7, 11) is -3.64. The summed E-state index contributed by atoms with van der Waals surface area (Å²) < 4.78 is 28.7. The van der Waals surface area contributed by atoms with Crippen LogP contribution < -0.4 is 5.32 Å². The van der Waals surface area contributed by atoms with E-state index in [9.17, 15) is 13.2 Å². The molecule has 0 spiro atoms. The molecule has 0 saturated carbocycles. The Morgan fingerprint density at radius 3 is 2.22 bits per heavy atom. The molecule has 1 aromatic heterocycles. The average Bonchev–Trinajstić information content (AvgIpc) is 3.13. The maximum Gasteiger partial charge on any atom is 0.257 e. The van der Waals surface area contributed by atoms with Gasteiger partial charge in [-0.25, -0.2) is 13.4 Å². The van der Waals surface area contributed by atoms with Crippen molar-refractivity contribution in [1.29, 1.82) is 0 Å². The van der Waals surface area contributed by atoms with Gasteiger partial charge in [-0.1, -0.05) is 50.6 Å². The fraction of sp³-hybridized carbons (Fsp3) is 0.391. The van der Waals surface area contributed by atoms with E-state index in [4.69, 9.17) is 11.6 Å². The van der Waals surface area contributed by atoms with Gasteiger partial charge in [-0.2, -0.15) is 4.31 Å². The Bertz CT molecular complexity index is 1210. The van der Waals surface area contributed by atoms with Crippen LogP contribution in [-0.2, 0) is 10.0 Å². The smallest absolute Gasteiger partial charge is 0.257 e. The Kier molecular flexibility index (Phi) is 7.60. The minimum absolute atomic E-state index is 0.181. The molecule has 0 fully saturated rings. The van der Waals surface area contributed by atoms with Gasteiger partial charge in [-0.3, -0.25) is 10.1 Å². The third-order valence-electron chi connectivity index (χ3n) is 4.86. The van der Waals surface area contributed by atoms with Crippen LogP contribution in [0.4, 0.5) is 5.13 Å². The number of hydrogen-bond acceptors (Lipinski definition) is 5. The number of thiazole rings is 1. The lowest BCUT2D eigenvalue weighted by Gasteiger charge is -2.25. The summed E-state index contributed by atoms with van der Waals surface area (Å²) in [4.78, 5) is 17.4. The van der Waals surface area contributed by atoms with Crippen LogP contribution >= 0.6 is 22.9 Å². The molecule has 0 radical (unpaired) electrons. The summed E-state index contributed by atoms with van der Waals surface area (Å²) in [6.07, 6.45) is 0. The number of rotatable bonds is 8. The highest BCUT2D eigenvalue weighted by Crippen LogP contribution is 2.32. The van der Waals surface area contributed by atoms with E-state index in [2.05, 4.69) is 10.3 Å². The predicted molar refractivity (Wildman–Crippen MR) is 132 cm³/mol. The molecule has 3 rings (SSSR count). The second kappa shape index (κ2) is 9.87. The zero-order valence-corrected chi connectivity index (χ0v) is 21.2. The van der Waals surface area contributed by atoms with E-state index in [1.165, 1.54) is 39.9 Å². The van der Waals surface area contributed by atoms with Gasteiger partial charge in [0.25, 0.3) is 5.91 Å². The monoisotopic (exact) mass is 493 g/mol. The number of nitrogens with zero attached hydrogens (tertiary/aromatic N) is 2. The molecular formula is C23H28ClN3O3S2. The quantitative estimate of drug-likeness (QED) is 0.429. The van der Waals surface area contributed by atoms with E-state index in [-0.39, 0.29) is 22.6 Å². The summed E-state index contributed by atoms with van der Waals surface area (Å²) >= 11 is 7.51. The van der Waals surface area contributed by atoms with E-state index in [1.807, 2.05) is 46.8 Å². The van der Waals surface area contributed by atoms with Gasteiger partial charge in [0.1, 0.15) is 0 Å². The lowest BCUT2D eigenvalue weighted by Crippen LogP contribution is -2.37. The Hall–Kier alpha value is -2.00. The number of carbonyl (C=O) groups excluding carboxylic acids is 1. The van der Waals surface area contributed by atoms with Crippen molar-refractivity contribution in [3.63, 3.8) is 0 Å². The molecule has 2 aromatic carbocycles. The molecule has 0 atom stereocenters. The van der Waals surface area contributed by atoms with Crippen molar-refractivity contribution in [1.82, 2.24) is 9.29 Å². The Morgan fingerprint density at radius 2 is 1.66 bits per heavy atom. The summed E-state index contributed by atoms with van der Waals surface area (Å²) in [5.41, 5.74) is 1.98. The molecule has 1 amide bonds. The first-order chi connectivity index (χ1) is 15.0. The number of nitrogens with one attached hydrogen (secondary N) is 1. The first kappa shape index (κ1) is 24.6. The normalized spacial score (nSPS) is 12.3. The molecular weight excluding hydrogens is 466 g/mol. The number of aryl methyl sites for hydroxylation is 1. The fourth-order valence-electron chi connectivity index (χ4n) is 3.34. The largest absolute Gasteiger partial charge is 0.298 e. The van der Waals surface area contributed by atoms with Crippen molar-refractivity contribution in [3.05, 3.63) is 52.5 Å². The third kappa shape index (κ3) is 5.49. The number of benzene rings is 2. The lowest BCUT2D eigenvalue weighted by molar-refractivity contribution is 0.102. The summed E-state index contributed by atoms with van der Waals surface area (Å²) in [5, 5.41) is 3.88. The number of carbonyl (C=O) groups is 1. The van der Waals surface area contributed by atoms with Gasteiger partial charge in [0, 0.05) is 23.7 Å². The Morgan fingerprint density at radius 1 is 1.06 bits per heavy atom. The molecule has 1 N–H and O–H groups in total. The van der Waals surface area contributed by atoms with Crippen LogP contribution in [0, 0.1) is 18.8 Å². The first-order valence-corrected chi connectivity index (χ1v) is 13.1. The van der Waals surface area contributed by atoms with Crippen LogP contribution in [0.2, 0.25) is 5.02 Å². The van der Waals surface area contributed by atoms with Crippen LogP contribution in [0.1, 0.15) is 43.6 Å². The van der Waals surface area contributed by atoms with Crippen molar-refractivity contribution >= 4 is 54.2 Å². The molecule has 0 saturated heterocycles. The van der Waals surface area contributed by atoms with Crippen LogP contribution in [-0.4, -0.2) is 36.7 Å². The van der Waals surface area contributed by atoms with Crippen molar-refractivity contribution in [2.75, 3.05) is 18.4 Å². The molecule has 0 aliphatic carbocycles. The third-order valence-corrected chi connectivity index (χ3v) is 8.05. The highest BCUT2D eigenvalue weighted by Gasteiger charge is 2.26. The number of amides is 1. The second-order valence-corrected chi connectivity index (χ2v) is 12.0. The number of sulfonamides is 1. The fourth-order valence-corrected chi connectivity index (χ4v) is 6.18. The molecule has 32 heavy (non-hydrogen) atoms. The van der Waals surface area contributed by atoms with E-state index < -0.39 is 10.0 Å². The van der Waals surface area contributed by atoms with Gasteiger partial charge < -0.3 is 0 Å². The molecule has 172 valence electrons. The molecule has 0 bridgehead atoms. The summed E-state index contributed by atoms with van der Waals surface area (Å²) in [6, 6.07) is 9.71.